The number of benzene rings is 1. The molecule has 0 saturated heterocycles. The number of halogens is 1. The highest BCUT2D eigenvalue weighted by molar-refractivity contribution is 9.10. The van der Waals surface area contributed by atoms with Gasteiger partial charge < -0.3 is 15.6 Å². The molecule has 3 atom stereocenters. The van der Waals surface area contributed by atoms with Gasteiger partial charge in [0.1, 0.15) is 5.75 Å². The van der Waals surface area contributed by atoms with Crippen LogP contribution in [0, 0.1) is 11.8 Å². The minimum absolute atomic E-state index is 0.0489. The summed E-state index contributed by atoms with van der Waals surface area (Å²) in [5.41, 5.74) is 7.00. The fraction of sp³-hybridized carbons (Fsp3) is 0.417. The van der Waals surface area contributed by atoms with Gasteiger partial charge in [0.15, 0.2) is 0 Å². The highest BCUT2D eigenvalue weighted by atomic mass is 79.9. The molecular weight excluding hydrogens is 286 g/mol. The van der Waals surface area contributed by atoms with Gasteiger partial charge in [0.25, 0.3) is 0 Å². The summed E-state index contributed by atoms with van der Waals surface area (Å²) in [6.07, 6.45) is 0.667. The molecule has 92 valence electrons. The van der Waals surface area contributed by atoms with Crippen molar-refractivity contribution in [2.75, 3.05) is 7.11 Å². The number of carbonyl (C=O) groups is 1. The van der Waals surface area contributed by atoms with E-state index in [0.29, 0.717) is 6.42 Å². The van der Waals surface area contributed by atoms with Crippen molar-refractivity contribution in [2.24, 2.45) is 17.6 Å². The molecule has 3 N–H and O–H groups in total. The summed E-state index contributed by atoms with van der Waals surface area (Å²) in [6, 6.07) is 5.38. The quantitative estimate of drug-likeness (QED) is 0.894. The number of hydrogen-bond acceptors (Lipinski definition) is 3. The Hall–Kier alpha value is -1.07. The molecule has 1 aromatic carbocycles. The van der Waals surface area contributed by atoms with Crippen LogP contribution >= 0.6 is 15.9 Å². The monoisotopic (exact) mass is 299 g/mol. The van der Waals surface area contributed by atoms with Crippen LogP contribution in [0.5, 0.6) is 5.75 Å². The Labute approximate surface area is 108 Å². The highest BCUT2D eigenvalue weighted by Gasteiger charge is 2.47. The molecule has 0 heterocycles. The number of hydrogen-bond donors (Lipinski definition) is 2. The minimum atomic E-state index is -0.752. The van der Waals surface area contributed by atoms with Gasteiger partial charge in [-0.3, -0.25) is 4.79 Å². The summed E-state index contributed by atoms with van der Waals surface area (Å²) in [6.45, 7) is 0. The Morgan fingerprint density at radius 2 is 2.35 bits per heavy atom. The standard InChI is InChI=1S/C12H14BrNO3/c1-17-10-3-2-6(4-9(10)13)11(14)7-5-8(7)12(15)16/h2-4,7-8,11H,5,14H2,1H3,(H,15,16). The second kappa shape index (κ2) is 4.66. The van der Waals surface area contributed by atoms with Crippen LogP contribution in [0.1, 0.15) is 18.0 Å². The van der Waals surface area contributed by atoms with Gasteiger partial charge in [-0.05, 0) is 46.0 Å². The van der Waals surface area contributed by atoms with Crippen molar-refractivity contribution in [1.29, 1.82) is 0 Å². The fourth-order valence-corrected chi connectivity index (χ4v) is 2.59. The summed E-state index contributed by atoms with van der Waals surface area (Å²) >= 11 is 3.39. The van der Waals surface area contributed by atoms with Crippen molar-refractivity contribution in [3.05, 3.63) is 28.2 Å². The van der Waals surface area contributed by atoms with Crippen LogP contribution in [0.4, 0.5) is 0 Å². The van der Waals surface area contributed by atoms with E-state index in [1.807, 2.05) is 18.2 Å². The number of aliphatic carboxylic acids is 1. The van der Waals surface area contributed by atoms with Gasteiger partial charge in [0, 0.05) is 6.04 Å². The molecule has 0 bridgehead atoms. The molecule has 0 radical (unpaired) electrons. The molecule has 17 heavy (non-hydrogen) atoms. The van der Waals surface area contributed by atoms with Crippen LogP contribution in [-0.2, 0) is 4.79 Å². The lowest BCUT2D eigenvalue weighted by molar-refractivity contribution is -0.138. The predicted octanol–water partition coefficient (Wildman–Crippen LogP) is 2.18. The zero-order chi connectivity index (χ0) is 12.6. The average Bonchev–Trinajstić information content (AvgIpc) is 3.08. The van der Waals surface area contributed by atoms with Gasteiger partial charge in [0.2, 0.25) is 0 Å². The first-order chi connectivity index (χ1) is 8.04. The zero-order valence-corrected chi connectivity index (χ0v) is 11.0. The summed E-state index contributed by atoms with van der Waals surface area (Å²) in [7, 11) is 1.60. The Morgan fingerprint density at radius 1 is 1.65 bits per heavy atom. The molecule has 0 aromatic heterocycles. The number of nitrogens with two attached hydrogens (primary N) is 1. The summed E-state index contributed by atoms with van der Waals surface area (Å²) in [5, 5.41) is 8.87. The lowest BCUT2D eigenvalue weighted by Crippen LogP contribution is -2.15. The maximum absolute atomic E-state index is 10.8. The molecule has 0 amide bonds. The number of rotatable bonds is 4. The number of methoxy groups -OCH3 is 1. The van der Waals surface area contributed by atoms with E-state index in [4.69, 9.17) is 15.6 Å². The van der Waals surface area contributed by atoms with Gasteiger partial charge in [-0.1, -0.05) is 6.07 Å². The van der Waals surface area contributed by atoms with E-state index in [2.05, 4.69) is 15.9 Å². The topological polar surface area (TPSA) is 72.5 Å². The van der Waals surface area contributed by atoms with Gasteiger partial charge >= 0.3 is 5.97 Å². The third-order valence-electron chi connectivity index (χ3n) is 3.18. The summed E-state index contributed by atoms with van der Waals surface area (Å²) in [4.78, 5) is 10.8. The largest absolute Gasteiger partial charge is 0.496 e. The minimum Gasteiger partial charge on any atom is -0.496 e. The van der Waals surface area contributed by atoms with E-state index < -0.39 is 5.97 Å². The Bertz CT molecular complexity index is 449. The molecule has 3 unspecified atom stereocenters. The van der Waals surface area contributed by atoms with Crippen molar-refractivity contribution < 1.29 is 14.6 Å². The van der Waals surface area contributed by atoms with E-state index in [9.17, 15) is 4.79 Å². The molecule has 1 fully saturated rings. The number of ether oxygens (including phenoxy) is 1. The van der Waals surface area contributed by atoms with Gasteiger partial charge in [-0.15, -0.1) is 0 Å². The van der Waals surface area contributed by atoms with Gasteiger partial charge in [0.05, 0.1) is 17.5 Å². The van der Waals surface area contributed by atoms with Crippen molar-refractivity contribution in [2.45, 2.75) is 12.5 Å². The fourth-order valence-electron chi connectivity index (χ4n) is 2.03. The number of carboxylic acid groups (broad SMARTS) is 1. The zero-order valence-electron chi connectivity index (χ0n) is 9.39. The van der Waals surface area contributed by atoms with Crippen LogP contribution in [0.3, 0.4) is 0 Å². The van der Waals surface area contributed by atoms with E-state index >= 15 is 0 Å². The predicted molar refractivity (Wildman–Crippen MR) is 66.9 cm³/mol. The highest BCUT2D eigenvalue weighted by Crippen LogP contribution is 2.47. The first-order valence-electron chi connectivity index (χ1n) is 5.36. The first-order valence-corrected chi connectivity index (χ1v) is 6.15. The molecule has 1 saturated carbocycles. The molecule has 4 nitrogen and oxygen atoms in total. The molecule has 1 aliphatic carbocycles. The van der Waals surface area contributed by atoms with Crippen LogP contribution in [0.15, 0.2) is 22.7 Å². The van der Waals surface area contributed by atoms with Crippen LogP contribution in [0.2, 0.25) is 0 Å². The lowest BCUT2D eigenvalue weighted by atomic mass is 10.0. The van der Waals surface area contributed by atoms with Crippen molar-refractivity contribution in [3.8, 4) is 5.75 Å². The second-order valence-corrected chi connectivity index (χ2v) is 5.12. The Balaban J connectivity index is 2.13. The second-order valence-electron chi connectivity index (χ2n) is 4.26. The third kappa shape index (κ3) is 2.45. The van der Waals surface area contributed by atoms with E-state index in [1.54, 1.807) is 7.11 Å². The summed E-state index contributed by atoms with van der Waals surface area (Å²) in [5.74, 6) is -0.247. The van der Waals surface area contributed by atoms with Crippen LogP contribution < -0.4 is 10.5 Å². The molecular formula is C12H14BrNO3. The normalized spacial score (nSPS) is 24.2. The molecule has 0 spiro atoms. The van der Waals surface area contributed by atoms with Crippen molar-refractivity contribution in [3.63, 3.8) is 0 Å². The van der Waals surface area contributed by atoms with Gasteiger partial charge in [-0.2, -0.15) is 0 Å². The SMILES string of the molecule is COc1ccc(C(N)C2CC2C(=O)O)cc1Br. The van der Waals surface area contributed by atoms with E-state index in [0.717, 1.165) is 15.8 Å². The molecule has 5 heteroatoms. The Morgan fingerprint density at radius 3 is 2.82 bits per heavy atom. The van der Waals surface area contributed by atoms with Crippen LogP contribution in [0.25, 0.3) is 0 Å². The average molecular weight is 300 g/mol. The maximum atomic E-state index is 10.8. The van der Waals surface area contributed by atoms with E-state index in [-0.39, 0.29) is 17.9 Å². The molecule has 1 aliphatic rings. The number of carboxylic acids is 1. The van der Waals surface area contributed by atoms with Crippen LogP contribution in [-0.4, -0.2) is 18.2 Å². The van der Waals surface area contributed by atoms with Gasteiger partial charge in [-0.25, -0.2) is 0 Å². The third-order valence-corrected chi connectivity index (χ3v) is 3.80. The maximum Gasteiger partial charge on any atom is 0.306 e. The molecule has 0 aliphatic heterocycles. The van der Waals surface area contributed by atoms with E-state index in [1.165, 1.54) is 0 Å². The molecule has 1 aromatic rings. The van der Waals surface area contributed by atoms with Crippen molar-refractivity contribution >= 4 is 21.9 Å². The summed E-state index contributed by atoms with van der Waals surface area (Å²) < 4.78 is 5.97. The first kappa shape index (κ1) is 12.4. The van der Waals surface area contributed by atoms with Crippen molar-refractivity contribution in [1.82, 2.24) is 0 Å². The molecule has 2 rings (SSSR count). The lowest BCUT2D eigenvalue weighted by Gasteiger charge is -2.13. The smallest absolute Gasteiger partial charge is 0.306 e. The Kier molecular flexibility index (Phi) is 3.40.